The summed E-state index contributed by atoms with van der Waals surface area (Å²) in [7, 11) is 2.01. The lowest BCUT2D eigenvalue weighted by Gasteiger charge is -2.09. The lowest BCUT2D eigenvalue weighted by atomic mass is 10.2. The summed E-state index contributed by atoms with van der Waals surface area (Å²) in [6.07, 6.45) is 1.08. The average Bonchev–Trinajstić information content (AvgIpc) is 2.48. The predicted molar refractivity (Wildman–Crippen MR) is 35.7 cm³/mol. The van der Waals surface area contributed by atoms with E-state index in [2.05, 4.69) is 4.90 Å². The molecule has 1 unspecified atom stereocenters. The van der Waals surface area contributed by atoms with Gasteiger partial charge >= 0.3 is 5.97 Å². The van der Waals surface area contributed by atoms with E-state index in [0.717, 1.165) is 13.0 Å². The van der Waals surface area contributed by atoms with Crippen LogP contribution >= 0.6 is 0 Å². The molecule has 1 aliphatic heterocycles. The second-order valence-electron chi connectivity index (χ2n) is 3.29. The zero-order valence-corrected chi connectivity index (χ0v) is 5.95. The van der Waals surface area contributed by atoms with E-state index in [1.165, 1.54) is 0 Å². The molecule has 1 heterocycles. The van der Waals surface area contributed by atoms with E-state index in [4.69, 9.17) is 5.11 Å². The number of likely N-dealkylation sites (tertiary alicyclic amines) is 1. The molecule has 1 saturated carbocycles. The third kappa shape index (κ3) is 0.611. The summed E-state index contributed by atoms with van der Waals surface area (Å²) in [4.78, 5) is 12.7. The lowest BCUT2D eigenvalue weighted by Crippen LogP contribution is -2.22. The standard InChI is InChI=1S/C7H11NO2/c1-8-3-2-4-5(6(4)8)7(9)10/h4-6H,2-3H2,1H3,(H,9,10)/t4-,5?,6-/m1/s1. The highest BCUT2D eigenvalue weighted by molar-refractivity contribution is 5.75. The quantitative estimate of drug-likeness (QED) is 0.559. The molecule has 0 radical (unpaired) electrons. The second-order valence-corrected chi connectivity index (χ2v) is 3.29. The van der Waals surface area contributed by atoms with Gasteiger partial charge in [-0.05, 0) is 25.9 Å². The third-order valence-corrected chi connectivity index (χ3v) is 2.74. The van der Waals surface area contributed by atoms with Gasteiger partial charge in [0.15, 0.2) is 0 Å². The average molecular weight is 141 g/mol. The minimum atomic E-state index is -0.610. The number of fused-ring (bicyclic) bond motifs is 1. The minimum absolute atomic E-state index is 0.0428. The smallest absolute Gasteiger partial charge is 0.308 e. The van der Waals surface area contributed by atoms with Crippen LogP contribution in [0.1, 0.15) is 6.42 Å². The minimum Gasteiger partial charge on any atom is -0.481 e. The summed E-state index contributed by atoms with van der Waals surface area (Å²) < 4.78 is 0. The Morgan fingerprint density at radius 3 is 2.70 bits per heavy atom. The van der Waals surface area contributed by atoms with Crippen molar-refractivity contribution in [1.82, 2.24) is 4.90 Å². The number of carboxylic acids is 1. The van der Waals surface area contributed by atoms with Crippen LogP contribution in [0.3, 0.4) is 0 Å². The van der Waals surface area contributed by atoms with Crippen molar-refractivity contribution in [3.63, 3.8) is 0 Å². The highest BCUT2D eigenvalue weighted by Gasteiger charge is 2.59. The number of nitrogens with zero attached hydrogens (tertiary/aromatic N) is 1. The molecule has 0 aromatic heterocycles. The van der Waals surface area contributed by atoms with Gasteiger partial charge in [0.25, 0.3) is 0 Å². The maximum Gasteiger partial charge on any atom is 0.308 e. The summed E-state index contributed by atoms with van der Waals surface area (Å²) in [5.41, 5.74) is 0. The van der Waals surface area contributed by atoms with Crippen LogP contribution in [0.4, 0.5) is 0 Å². The Labute approximate surface area is 59.6 Å². The summed E-state index contributed by atoms with van der Waals surface area (Å²) >= 11 is 0. The van der Waals surface area contributed by atoms with Gasteiger partial charge in [-0.1, -0.05) is 0 Å². The van der Waals surface area contributed by atoms with Crippen LogP contribution in [0.5, 0.6) is 0 Å². The zero-order chi connectivity index (χ0) is 7.30. The van der Waals surface area contributed by atoms with Gasteiger partial charge in [0, 0.05) is 6.04 Å². The fourth-order valence-electron chi connectivity index (χ4n) is 2.14. The van der Waals surface area contributed by atoms with E-state index >= 15 is 0 Å². The number of hydrogen-bond acceptors (Lipinski definition) is 2. The summed E-state index contributed by atoms with van der Waals surface area (Å²) in [5, 5.41) is 8.65. The lowest BCUT2D eigenvalue weighted by molar-refractivity contribution is -0.139. The maximum absolute atomic E-state index is 10.5. The highest BCUT2D eigenvalue weighted by Crippen LogP contribution is 2.49. The van der Waals surface area contributed by atoms with E-state index in [9.17, 15) is 4.79 Å². The molecule has 1 saturated heterocycles. The van der Waals surface area contributed by atoms with Gasteiger partial charge in [-0.2, -0.15) is 0 Å². The van der Waals surface area contributed by atoms with Gasteiger partial charge in [-0.15, -0.1) is 0 Å². The molecule has 2 fully saturated rings. The Hall–Kier alpha value is -0.570. The summed E-state index contributed by atoms with van der Waals surface area (Å²) in [6.45, 7) is 1.08. The largest absolute Gasteiger partial charge is 0.481 e. The van der Waals surface area contributed by atoms with E-state index in [-0.39, 0.29) is 5.92 Å². The van der Waals surface area contributed by atoms with Crippen LogP contribution < -0.4 is 0 Å². The van der Waals surface area contributed by atoms with Gasteiger partial charge in [0.05, 0.1) is 5.92 Å². The third-order valence-electron chi connectivity index (χ3n) is 2.74. The van der Waals surface area contributed by atoms with Gasteiger partial charge in [-0.3, -0.25) is 4.79 Å². The molecule has 0 amide bonds. The summed E-state index contributed by atoms with van der Waals surface area (Å²) in [6, 6.07) is 0.373. The van der Waals surface area contributed by atoms with E-state index in [1.807, 2.05) is 7.05 Å². The first kappa shape index (κ1) is 6.16. The number of carbonyl (C=O) groups is 1. The first-order valence-corrected chi connectivity index (χ1v) is 3.65. The number of hydrogen-bond donors (Lipinski definition) is 1. The highest BCUT2D eigenvalue weighted by atomic mass is 16.4. The molecule has 1 N–H and O–H groups in total. The van der Waals surface area contributed by atoms with Crippen molar-refractivity contribution in [2.45, 2.75) is 12.5 Å². The molecule has 0 spiro atoms. The van der Waals surface area contributed by atoms with Crippen molar-refractivity contribution in [2.24, 2.45) is 11.8 Å². The van der Waals surface area contributed by atoms with Gasteiger partial charge in [0.1, 0.15) is 0 Å². The molecular formula is C7H11NO2. The van der Waals surface area contributed by atoms with Crippen LogP contribution in [0, 0.1) is 11.8 Å². The molecule has 3 atom stereocenters. The first-order valence-electron chi connectivity index (χ1n) is 3.65. The normalized spacial score (nSPS) is 45.1. The van der Waals surface area contributed by atoms with Gasteiger partial charge < -0.3 is 10.0 Å². The second kappa shape index (κ2) is 1.72. The van der Waals surface area contributed by atoms with Gasteiger partial charge in [0.2, 0.25) is 0 Å². The Morgan fingerprint density at radius 1 is 1.70 bits per heavy atom. The Bertz CT molecular complexity index is 180. The molecule has 3 heteroatoms. The number of aliphatic carboxylic acids is 1. The van der Waals surface area contributed by atoms with Gasteiger partial charge in [-0.25, -0.2) is 0 Å². The van der Waals surface area contributed by atoms with Crippen molar-refractivity contribution < 1.29 is 9.90 Å². The maximum atomic E-state index is 10.5. The molecule has 3 nitrogen and oxygen atoms in total. The Balaban J connectivity index is 2.05. The molecule has 0 bridgehead atoms. The first-order chi connectivity index (χ1) is 4.72. The van der Waals surface area contributed by atoms with Crippen LogP contribution in [-0.2, 0) is 4.79 Å². The number of rotatable bonds is 1. The van der Waals surface area contributed by atoms with Crippen molar-refractivity contribution in [1.29, 1.82) is 0 Å². The topological polar surface area (TPSA) is 40.5 Å². The van der Waals surface area contributed by atoms with Crippen LogP contribution in [0.25, 0.3) is 0 Å². The zero-order valence-electron chi connectivity index (χ0n) is 5.95. The Kier molecular flexibility index (Phi) is 1.06. The number of carboxylic acid groups (broad SMARTS) is 1. The van der Waals surface area contributed by atoms with E-state index < -0.39 is 5.97 Å². The fraction of sp³-hybridized carbons (Fsp3) is 0.857. The van der Waals surface area contributed by atoms with Crippen molar-refractivity contribution in [3.05, 3.63) is 0 Å². The number of piperidine rings is 1. The Morgan fingerprint density at radius 2 is 2.40 bits per heavy atom. The monoisotopic (exact) mass is 141 g/mol. The van der Waals surface area contributed by atoms with Crippen molar-refractivity contribution in [3.8, 4) is 0 Å². The molecular weight excluding hydrogens is 130 g/mol. The van der Waals surface area contributed by atoms with E-state index in [1.54, 1.807) is 0 Å². The van der Waals surface area contributed by atoms with Crippen LogP contribution in [0.2, 0.25) is 0 Å². The fourth-order valence-corrected chi connectivity index (χ4v) is 2.14. The van der Waals surface area contributed by atoms with Crippen LogP contribution in [0.15, 0.2) is 0 Å². The molecule has 56 valence electrons. The van der Waals surface area contributed by atoms with Crippen LogP contribution in [-0.4, -0.2) is 35.6 Å². The molecule has 2 rings (SSSR count). The SMILES string of the molecule is CN1CC[C@@H]2C(C(=O)O)[C@@H]21. The molecule has 10 heavy (non-hydrogen) atoms. The molecule has 1 aliphatic carbocycles. The predicted octanol–water partition coefficient (Wildman–Crippen LogP) is 0.0211. The molecule has 0 aromatic carbocycles. The molecule has 0 aromatic rings. The van der Waals surface area contributed by atoms with E-state index in [0.29, 0.717) is 12.0 Å². The molecule has 2 aliphatic rings. The summed E-state index contributed by atoms with van der Waals surface area (Å²) in [5.74, 6) is -0.178. The van der Waals surface area contributed by atoms with Crippen molar-refractivity contribution >= 4 is 5.97 Å². The van der Waals surface area contributed by atoms with Crippen molar-refractivity contribution in [2.75, 3.05) is 13.6 Å².